The Morgan fingerprint density at radius 1 is 1.10 bits per heavy atom. The highest BCUT2D eigenvalue weighted by Gasteiger charge is 2.38. The first kappa shape index (κ1) is 20.8. The van der Waals surface area contributed by atoms with Gasteiger partial charge in [-0.3, -0.25) is 19.8 Å². The highest BCUT2D eigenvalue weighted by molar-refractivity contribution is 7.80. The number of hydrogen-bond donors (Lipinski definition) is 1. The number of nitrogens with zero attached hydrogens (tertiary/aromatic N) is 2. The van der Waals surface area contributed by atoms with Crippen LogP contribution in [0.1, 0.15) is 49.1 Å². The molecule has 1 aromatic heterocycles. The third kappa shape index (κ3) is 3.82. The van der Waals surface area contributed by atoms with Crippen LogP contribution in [0.5, 0.6) is 0 Å². The average molecular weight is 442 g/mol. The van der Waals surface area contributed by atoms with Gasteiger partial charge in [0, 0.05) is 28.1 Å². The van der Waals surface area contributed by atoms with E-state index in [4.69, 9.17) is 23.8 Å². The molecule has 1 aliphatic carbocycles. The van der Waals surface area contributed by atoms with Crippen LogP contribution in [0.15, 0.2) is 35.9 Å². The molecule has 1 N–H and O–H groups in total. The highest BCUT2D eigenvalue weighted by Crippen LogP contribution is 2.28. The summed E-state index contributed by atoms with van der Waals surface area (Å²) < 4.78 is 2.08. The van der Waals surface area contributed by atoms with Gasteiger partial charge in [-0.1, -0.05) is 30.9 Å². The van der Waals surface area contributed by atoms with E-state index in [1.807, 2.05) is 44.2 Å². The lowest BCUT2D eigenvalue weighted by Gasteiger charge is -2.37. The molecule has 1 saturated heterocycles. The fourth-order valence-corrected chi connectivity index (χ4v) is 4.87. The molecule has 2 aromatic rings. The standard InChI is InChI=1S/C23H24ClN3O2S/c1-14-12-16(15(2)26(14)19-10-8-17(24)9-11-19)13-20-21(28)25-23(30)27(22(20)29)18-6-4-3-5-7-18/h8-13,18H,3-7H2,1-2H3,(H,25,28,30). The van der Waals surface area contributed by atoms with E-state index in [2.05, 4.69) is 9.88 Å². The number of aromatic nitrogens is 1. The molecule has 1 saturated carbocycles. The highest BCUT2D eigenvalue weighted by atomic mass is 35.5. The summed E-state index contributed by atoms with van der Waals surface area (Å²) >= 11 is 11.4. The van der Waals surface area contributed by atoms with E-state index in [0.717, 1.165) is 48.3 Å². The molecule has 5 nitrogen and oxygen atoms in total. The van der Waals surface area contributed by atoms with E-state index in [1.54, 1.807) is 11.0 Å². The van der Waals surface area contributed by atoms with Crippen LogP contribution in [0.2, 0.25) is 5.02 Å². The molecule has 2 aliphatic rings. The van der Waals surface area contributed by atoms with Crippen molar-refractivity contribution < 1.29 is 9.59 Å². The molecule has 0 atom stereocenters. The lowest BCUT2D eigenvalue weighted by molar-refractivity contribution is -0.130. The smallest absolute Gasteiger partial charge is 0.265 e. The number of rotatable bonds is 3. The summed E-state index contributed by atoms with van der Waals surface area (Å²) in [5, 5.41) is 3.61. The molecule has 0 spiro atoms. The number of thiocarbonyl (C=S) groups is 1. The van der Waals surface area contributed by atoms with Crippen molar-refractivity contribution in [2.75, 3.05) is 0 Å². The first-order valence-electron chi connectivity index (χ1n) is 10.2. The maximum Gasteiger partial charge on any atom is 0.265 e. The third-order valence-corrected chi connectivity index (χ3v) is 6.48. The van der Waals surface area contributed by atoms with Crippen molar-refractivity contribution in [3.63, 3.8) is 0 Å². The SMILES string of the molecule is Cc1cc(C=C2C(=O)NC(=S)N(C3CCCCC3)C2=O)c(C)n1-c1ccc(Cl)cc1. The molecule has 156 valence electrons. The zero-order chi connectivity index (χ0) is 21.4. The Bertz CT molecular complexity index is 1050. The Labute approximate surface area is 186 Å². The minimum Gasteiger partial charge on any atom is -0.318 e. The molecule has 2 fully saturated rings. The molecular weight excluding hydrogens is 418 g/mol. The Morgan fingerprint density at radius 3 is 2.43 bits per heavy atom. The van der Waals surface area contributed by atoms with Crippen molar-refractivity contribution in [2.45, 2.75) is 52.0 Å². The van der Waals surface area contributed by atoms with E-state index in [1.165, 1.54) is 6.42 Å². The second kappa shape index (κ2) is 8.36. The van der Waals surface area contributed by atoms with Gasteiger partial charge in [0.05, 0.1) is 0 Å². The van der Waals surface area contributed by atoms with Gasteiger partial charge in [0.25, 0.3) is 11.8 Å². The van der Waals surface area contributed by atoms with Crippen LogP contribution >= 0.6 is 23.8 Å². The molecule has 4 rings (SSSR count). The Kier molecular flexibility index (Phi) is 5.80. The van der Waals surface area contributed by atoms with Gasteiger partial charge < -0.3 is 4.57 Å². The van der Waals surface area contributed by atoms with Crippen LogP contribution in [0.4, 0.5) is 0 Å². The fourth-order valence-electron chi connectivity index (χ4n) is 4.42. The molecule has 2 amide bonds. The van der Waals surface area contributed by atoms with Crippen molar-refractivity contribution in [3.05, 3.63) is 57.9 Å². The van der Waals surface area contributed by atoms with E-state index >= 15 is 0 Å². The lowest BCUT2D eigenvalue weighted by atomic mass is 9.93. The second-order valence-electron chi connectivity index (χ2n) is 7.92. The van der Waals surface area contributed by atoms with Gasteiger partial charge in [-0.25, -0.2) is 0 Å². The Balaban J connectivity index is 1.70. The van der Waals surface area contributed by atoms with Crippen molar-refractivity contribution in [1.82, 2.24) is 14.8 Å². The van der Waals surface area contributed by atoms with Crippen molar-refractivity contribution >= 4 is 46.8 Å². The van der Waals surface area contributed by atoms with E-state index in [9.17, 15) is 9.59 Å². The second-order valence-corrected chi connectivity index (χ2v) is 8.75. The average Bonchev–Trinajstić information content (AvgIpc) is 3.00. The van der Waals surface area contributed by atoms with Crippen molar-refractivity contribution in [2.24, 2.45) is 0 Å². The van der Waals surface area contributed by atoms with Gasteiger partial charge >= 0.3 is 0 Å². The quantitative estimate of drug-likeness (QED) is 0.426. The van der Waals surface area contributed by atoms with Crippen LogP contribution in [0.3, 0.4) is 0 Å². The Hall–Kier alpha value is -2.44. The van der Waals surface area contributed by atoms with Crippen LogP contribution in [0.25, 0.3) is 11.8 Å². The van der Waals surface area contributed by atoms with E-state index < -0.39 is 5.91 Å². The summed E-state index contributed by atoms with van der Waals surface area (Å²) in [4.78, 5) is 27.5. The Morgan fingerprint density at radius 2 is 1.77 bits per heavy atom. The summed E-state index contributed by atoms with van der Waals surface area (Å²) in [7, 11) is 0. The first-order chi connectivity index (χ1) is 14.4. The van der Waals surface area contributed by atoms with Crippen LogP contribution in [-0.2, 0) is 9.59 Å². The molecule has 30 heavy (non-hydrogen) atoms. The molecule has 0 radical (unpaired) electrons. The van der Waals surface area contributed by atoms with Gasteiger partial charge in [0.1, 0.15) is 5.57 Å². The van der Waals surface area contributed by atoms with Crippen molar-refractivity contribution in [1.29, 1.82) is 0 Å². The van der Waals surface area contributed by atoms with Gasteiger partial charge in [-0.05, 0) is 80.9 Å². The number of halogens is 1. The summed E-state index contributed by atoms with van der Waals surface area (Å²) in [6, 6.07) is 9.62. The maximum absolute atomic E-state index is 13.2. The normalized spacial score (nSPS) is 19.5. The summed E-state index contributed by atoms with van der Waals surface area (Å²) in [5.74, 6) is -0.736. The molecule has 1 aromatic carbocycles. The zero-order valence-electron chi connectivity index (χ0n) is 17.1. The summed E-state index contributed by atoms with van der Waals surface area (Å²) in [6.07, 6.45) is 6.85. The minimum absolute atomic E-state index is 0.0595. The molecule has 7 heteroatoms. The number of amides is 2. The zero-order valence-corrected chi connectivity index (χ0v) is 18.6. The molecular formula is C23H24ClN3O2S. The molecule has 2 heterocycles. The summed E-state index contributed by atoms with van der Waals surface area (Å²) in [5.41, 5.74) is 3.89. The van der Waals surface area contributed by atoms with Crippen LogP contribution in [0, 0.1) is 13.8 Å². The predicted molar refractivity (Wildman–Crippen MR) is 123 cm³/mol. The van der Waals surface area contributed by atoms with E-state index in [-0.39, 0.29) is 22.6 Å². The monoisotopic (exact) mass is 441 g/mol. The first-order valence-corrected chi connectivity index (χ1v) is 11.0. The maximum atomic E-state index is 13.2. The predicted octanol–water partition coefficient (Wildman–Crippen LogP) is 4.71. The van der Waals surface area contributed by atoms with Gasteiger partial charge in [-0.15, -0.1) is 0 Å². The minimum atomic E-state index is -0.437. The van der Waals surface area contributed by atoms with Gasteiger partial charge in [-0.2, -0.15) is 0 Å². The number of benzene rings is 1. The largest absolute Gasteiger partial charge is 0.318 e. The van der Waals surface area contributed by atoms with E-state index in [0.29, 0.717) is 5.02 Å². The molecule has 1 aliphatic heterocycles. The molecule has 0 unspecified atom stereocenters. The lowest BCUT2D eigenvalue weighted by Crippen LogP contribution is -2.57. The summed E-state index contributed by atoms with van der Waals surface area (Å²) in [6.45, 7) is 3.97. The number of carbonyl (C=O) groups is 2. The third-order valence-electron chi connectivity index (χ3n) is 5.93. The number of nitrogens with one attached hydrogen (secondary N) is 1. The topological polar surface area (TPSA) is 54.3 Å². The van der Waals surface area contributed by atoms with Crippen molar-refractivity contribution in [3.8, 4) is 5.69 Å². The fraction of sp³-hybridized carbons (Fsp3) is 0.348. The van der Waals surface area contributed by atoms with Crippen LogP contribution < -0.4 is 5.32 Å². The molecule has 0 bridgehead atoms. The number of carbonyl (C=O) groups excluding carboxylic acids is 2. The van der Waals surface area contributed by atoms with Crippen LogP contribution in [-0.4, -0.2) is 32.4 Å². The van der Waals surface area contributed by atoms with Gasteiger partial charge in [0.15, 0.2) is 5.11 Å². The number of aryl methyl sites for hydroxylation is 1. The number of hydrogen-bond acceptors (Lipinski definition) is 3. The van der Waals surface area contributed by atoms with Gasteiger partial charge in [0.2, 0.25) is 0 Å².